The molecule has 1 N–H and O–H groups in total. The summed E-state index contributed by atoms with van der Waals surface area (Å²) in [5.74, 6) is 1.07. The number of hydrogen-bond acceptors (Lipinski definition) is 2. The first-order chi connectivity index (χ1) is 5.63. The summed E-state index contributed by atoms with van der Waals surface area (Å²) in [6.07, 6.45) is 0.788. The SMILES string of the molecule is CC(=O)CC[I-]CNCC(C)C. The van der Waals surface area contributed by atoms with Gasteiger partial charge >= 0.3 is 85.7 Å². The standard InChI is InChI=1S/C9H19INO/c1-8(2)6-11-7-10-5-4-9(3)12/h8,11H,4-7H2,1-3H3/q-1. The van der Waals surface area contributed by atoms with E-state index >= 15 is 0 Å². The molecule has 0 aromatic carbocycles. The van der Waals surface area contributed by atoms with Crippen LogP contribution in [0.5, 0.6) is 0 Å². The Labute approximate surface area is 85.8 Å². The number of alkyl halides is 2. The van der Waals surface area contributed by atoms with Gasteiger partial charge in [-0.25, -0.2) is 0 Å². The molecule has 0 unspecified atom stereocenters. The molecule has 0 bridgehead atoms. The maximum absolute atomic E-state index is 10.6. The van der Waals surface area contributed by atoms with Crippen LogP contribution in [0.1, 0.15) is 27.2 Å². The summed E-state index contributed by atoms with van der Waals surface area (Å²) in [4.78, 5) is 10.6. The van der Waals surface area contributed by atoms with Crippen molar-refractivity contribution in [1.29, 1.82) is 0 Å². The van der Waals surface area contributed by atoms with Crippen molar-refractivity contribution in [3.05, 3.63) is 0 Å². The number of hydrogen-bond donors (Lipinski definition) is 1. The summed E-state index contributed by atoms with van der Waals surface area (Å²) in [6, 6.07) is 0. The van der Waals surface area contributed by atoms with Crippen LogP contribution in [0.15, 0.2) is 0 Å². The monoisotopic (exact) mass is 284 g/mol. The van der Waals surface area contributed by atoms with Crippen molar-refractivity contribution in [1.82, 2.24) is 5.32 Å². The second kappa shape index (κ2) is 7.98. The van der Waals surface area contributed by atoms with Gasteiger partial charge in [0.05, 0.1) is 0 Å². The van der Waals surface area contributed by atoms with Crippen LogP contribution in [0, 0.1) is 5.92 Å². The van der Waals surface area contributed by atoms with Crippen LogP contribution in [-0.4, -0.2) is 21.3 Å². The molecule has 12 heavy (non-hydrogen) atoms. The van der Waals surface area contributed by atoms with Crippen molar-refractivity contribution in [3.63, 3.8) is 0 Å². The predicted molar refractivity (Wildman–Crippen MR) is 47.9 cm³/mol. The molecule has 0 aromatic rings. The van der Waals surface area contributed by atoms with Crippen LogP contribution in [0.2, 0.25) is 0 Å². The molecule has 0 heterocycles. The normalized spacial score (nSPS) is 11.0. The zero-order valence-electron chi connectivity index (χ0n) is 8.19. The molecule has 0 spiro atoms. The first-order valence-electron chi connectivity index (χ1n) is 4.36. The van der Waals surface area contributed by atoms with E-state index < -0.39 is 0 Å². The molecule has 0 saturated heterocycles. The molecule has 0 atom stereocenters. The third-order valence-electron chi connectivity index (χ3n) is 1.32. The summed E-state index contributed by atoms with van der Waals surface area (Å²) in [7, 11) is 0. The van der Waals surface area contributed by atoms with Gasteiger partial charge in [0.15, 0.2) is 0 Å². The van der Waals surface area contributed by atoms with Gasteiger partial charge < -0.3 is 0 Å². The Morgan fingerprint density at radius 1 is 1.50 bits per heavy atom. The van der Waals surface area contributed by atoms with Crippen molar-refractivity contribution in [2.75, 3.05) is 15.5 Å². The number of carbonyl (C=O) groups excluding carboxylic acids is 1. The Morgan fingerprint density at radius 3 is 2.67 bits per heavy atom. The van der Waals surface area contributed by atoms with Gasteiger partial charge in [0.1, 0.15) is 0 Å². The van der Waals surface area contributed by atoms with Crippen molar-refractivity contribution in [3.8, 4) is 0 Å². The van der Waals surface area contributed by atoms with Gasteiger partial charge in [-0.1, -0.05) is 0 Å². The van der Waals surface area contributed by atoms with E-state index in [1.165, 1.54) is 0 Å². The fraction of sp³-hybridized carbons (Fsp3) is 0.889. The van der Waals surface area contributed by atoms with Crippen molar-refractivity contribution < 1.29 is 26.0 Å². The van der Waals surface area contributed by atoms with E-state index in [4.69, 9.17) is 0 Å². The van der Waals surface area contributed by atoms with Crippen LogP contribution in [0.3, 0.4) is 0 Å². The Morgan fingerprint density at radius 2 is 2.17 bits per heavy atom. The average Bonchev–Trinajstić information content (AvgIpc) is 1.95. The quantitative estimate of drug-likeness (QED) is 0.260. The first-order valence-corrected chi connectivity index (χ1v) is 7.41. The Balaban J connectivity index is 2.96. The molecule has 0 saturated carbocycles. The maximum atomic E-state index is 10.6. The van der Waals surface area contributed by atoms with E-state index in [1.54, 1.807) is 6.92 Å². The number of Topliss-reactive ketones (excluding diaryl/α,β-unsaturated/α-hetero) is 1. The molecule has 0 amide bonds. The number of ketones is 1. The summed E-state index contributed by atoms with van der Waals surface area (Å²) >= 11 is 0.227. The summed E-state index contributed by atoms with van der Waals surface area (Å²) < 4.78 is 2.30. The van der Waals surface area contributed by atoms with E-state index in [1.807, 2.05) is 0 Å². The second-order valence-corrected chi connectivity index (χ2v) is 6.23. The third-order valence-corrected chi connectivity index (χ3v) is 3.70. The average molecular weight is 284 g/mol. The molecule has 2 nitrogen and oxygen atoms in total. The third kappa shape index (κ3) is 10.4. The van der Waals surface area contributed by atoms with Gasteiger partial charge in [-0.15, -0.1) is 0 Å². The Bertz CT molecular complexity index is 126. The van der Waals surface area contributed by atoms with Gasteiger partial charge in [0.2, 0.25) is 0 Å². The minimum absolute atomic E-state index is 0.227. The number of nitrogens with one attached hydrogen (secondary N) is 1. The van der Waals surface area contributed by atoms with Crippen molar-refractivity contribution in [2.45, 2.75) is 27.2 Å². The van der Waals surface area contributed by atoms with E-state index in [0.29, 0.717) is 5.78 Å². The number of halogens is 1. The molecule has 0 rings (SSSR count). The van der Waals surface area contributed by atoms with Gasteiger partial charge in [-0.2, -0.15) is 0 Å². The van der Waals surface area contributed by atoms with Crippen LogP contribution in [0.25, 0.3) is 0 Å². The summed E-state index contributed by atoms with van der Waals surface area (Å²) in [5.41, 5.74) is 0. The fourth-order valence-electron chi connectivity index (χ4n) is 0.677. The zero-order valence-corrected chi connectivity index (χ0v) is 10.3. The predicted octanol–water partition coefficient (Wildman–Crippen LogP) is -1.74. The van der Waals surface area contributed by atoms with E-state index in [0.717, 1.165) is 27.9 Å². The fourth-order valence-corrected chi connectivity index (χ4v) is 2.89. The van der Waals surface area contributed by atoms with Gasteiger partial charge in [-0.3, -0.25) is 0 Å². The zero-order chi connectivity index (χ0) is 9.40. The minimum atomic E-state index is 0.227. The molecule has 0 radical (unpaired) electrons. The number of rotatable bonds is 7. The molecule has 74 valence electrons. The molecular weight excluding hydrogens is 265 g/mol. The number of carbonyl (C=O) groups is 1. The topological polar surface area (TPSA) is 29.1 Å². The molecule has 3 heteroatoms. The van der Waals surface area contributed by atoms with Crippen LogP contribution in [0.4, 0.5) is 0 Å². The molecule has 0 aliphatic rings. The molecule has 0 aliphatic heterocycles. The first kappa shape index (κ1) is 12.4. The van der Waals surface area contributed by atoms with Gasteiger partial charge in [0.25, 0.3) is 0 Å². The Hall–Kier alpha value is 0.360. The van der Waals surface area contributed by atoms with E-state index in [2.05, 4.69) is 19.2 Å². The van der Waals surface area contributed by atoms with E-state index in [-0.39, 0.29) is 21.2 Å². The van der Waals surface area contributed by atoms with Crippen molar-refractivity contribution in [2.24, 2.45) is 5.92 Å². The van der Waals surface area contributed by atoms with Crippen LogP contribution < -0.4 is 26.5 Å². The molecular formula is C9H19INO-. The summed E-state index contributed by atoms with van der Waals surface area (Å²) in [6.45, 7) is 7.20. The van der Waals surface area contributed by atoms with Crippen LogP contribution >= 0.6 is 0 Å². The second-order valence-electron chi connectivity index (χ2n) is 3.31. The van der Waals surface area contributed by atoms with Gasteiger partial charge in [-0.05, 0) is 0 Å². The van der Waals surface area contributed by atoms with Crippen LogP contribution in [-0.2, 0) is 4.79 Å². The Kier molecular flexibility index (Phi) is 8.22. The molecule has 0 aromatic heterocycles. The van der Waals surface area contributed by atoms with E-state index in [9.17, 15) is 4.79 Å². The van der Waals surface area contributed by atoms with Gasteiger partial charge in [0, 0.05) is 0 Å². The molecule has 0 aliphatic carbocycles. The van der Waals surface area contributed by atoms with Crippen molar-refractivity contribution >= 4 is 5.78 Å². The summed E-state index contributed by atoms with van der Waals surface area (Å²) in [5, 5.41) is 3.40. The molecule has 0 fully saturated rings.